The Bertz CT molecular complexity index is 1370. The minimum absolute atomic E-state index is 0.130. The van der Waals surface area contributed by atoms with Crippen molar-refractivity contribution in [2.24, 2.45) is 0 Å². The molecule has 0 spiro atoms. The van der Waals surface area contributed by atoms with Gasteiger partial charge < -0.3 is 5.32 Å². The minimum atomic E-state index is -3.87. The topological polar surface area (TPSA) is 101 Å². The van der Waals surface area contributed by atoms with Crippen molar-refractivity contribution in [3.63, 3.8) is 0 Å². The van der Waals surface area contributed by atoms with E-state index in [1.165, 1.54) is 31.3 Å². The molecule has 1 unspecified atom stereocenters. The molecular weight excluding hydrogens is 460 g/mol. The molecule has 33 heavy (non-hydrogen) atoms. The predicted octanol–water partition coefficient (Wildman–Crippen LogP) is 3.71. The molecule has 0 radical (unpaired) electrons. The molecule has 0 fully saturated rings. The van der Waals surface area contributed by atoms with E-state index in [-0.39, 0.29) is 21.0 Å². The molecule has 1 amide bonds. The number of anilines is 1. The highest BCUT2D eigenvalue weighted by molar-refractivity contribution is 7.92. The van der Waals surface area contributed by atoms with Gasteiger partial charge in [0.15, 0.2) is 9.84 Å². The van der Waals surface area contributed by atoms with Gasteiger partial charge in [0, 0.05) is 13.3 Å². The number of carbonyl (C=O) groups is 1. The number of para-hydroxylation sites is 1. The quantitative estimate of drug-likeness (QED) is 0.549. The van der Waals surface area contributed by atoms with Gasteiger partial charge in [-0.2, -0.15) is 0 Å². The lowest BCUT2D eigenvalue weighted by Crippen LogP contribution is -2.31. The first kappa shape index (κ1) is 24.5. The lowest BCUT2D eigenvalue weighted by Gasteiger charge is -2.23. The largest absolute Gasteiger partial charge is 0.345 e. The van der Waals surface area contributed by atoms with Crippen LogP contribution in [0.25, 0.3) is 0 Å². The number of amides is 1. The van der Waals surface area contributed by atoms with Crippen LogP contribution in [0.1, 0.15) is 34.5 Å². The van der Waals surface area contributed by atoms with Gasteiger partial charge in [-0.3, -0.25) is 9.10 Å². The number of hydrogen-bond donors (Lipinski definition) is 1. The zero-order chi connectivity index (χ0) is 24.4. The first-order valence-electron chi connectivity index (χ1n) is 10.2. The normalized spacial score (nSPS) is 12.7. The average molecular weight is 487 g/mol. The van der Waals surface area contributed by atoms with E-state index in [1.54, 1.807) is 55.5 Å². The second-order valence-corrected chi connectivity index (χ2v) is 11.8. The second kappa shape index (κ2) is 9.36. The van der Waals surface area contributed by atoms with Gasteiger partial charge >= 0.3 is 0 Å². The Balaban J connectivity index is 1.86. The Morgan fingerprint density at radius 1 is 0.848 bits per heavy atom. The van der Waals surface area contributed by atoms with E-state index in [2.05, 4.69) is 5.32 Å². The van der Waals surface area contributed by atoms with E-state index in [0.717, 1.165) is 16.1 Å². The highest BCUT2D eigenvalue weighted by atomic mass is 32.2. The van der Waals surface area contributed by atoms with Gasteiger partial charge in [-0.25, -0.2) is 16.8 Å². The van der Waals surface area contributed by atoms with Crippen LogP contribution in [0.3, 0.4) is 0 Å². The van der Waals surface area contributed by atoms with E-state index < -0.39 is 31.8 Å². The highest BCUT2D eigenvalue weighted by Crippen LogP contribution is 2.26. The van der Waals surface area contributed by atoms with Crippen LogP contribution in [0, 0.1) is 6.92 Å². The predicted molar refractivity (Wildman–Crippen MR) is 129 cm³/mol. The molecule has 1 atom stereocenters. The lowest BCUT2D eigenvalue weighted by atomic mass is 10.1. The summed E-state index contributed by atoms with van der Waals surface area (Å²) in [7, 11) is -5.77. The molecule has 0 aromatic heterocycles. The molecule has 7 nitrogen and oxygen atoms in total. The number of benzene rings is 3. The smallest absolute Gasteiger partial charge is 0.264 e. The fourth-order valence-corrected chi connectivity index (χ4v) is 5.14. The average Bonchev–Trinajstić information content (AvgIpc) is 2.78. The van der Waals surface area contributed by atoms with Crippen LogP contribution in [-0.2, 0) is 19.9 Å². The summed E-state index contributed by atoms with van der Waals surface area (Å²) in [6, 6.07) is 18.8. The molecule has 3 aromatic rings. The van der Waals surface area contributed by atoms with Gasteiger partial charge in [-0.1, -0.05) is 42.0 Å². The maximum absolute atomic E-state index is 13.1. The van der Waals surface area contributed by atoms with E-state index in [9.17, 15) is 21.6 Å². The number of hydrogen-bond acceptors (Lipinski definition) is 5. The SMILES string of the molecule is Cc1ccc(S(=O)(=O)N(C)c2ccccc2C(=O)NC(C)c2ccc(S(C)(=O)=O)cc2)cc1. The van der Waals surface area contributed by atoms with Crippen molar-refractivity contribution < 1.29 is 21.6 Å². The van der Waals surface area contributed by atoms with Crippen LogP contribution in [0.15, 0.2) is 82.6 Å². The van der Waals surface area contributed by atoms with Crippen LogP contribution >= 0.6 is 0 Å². The van der Waals surface area contributed by atoms with Gasteiger partial charge in [0.25, 0.3) is 15.9 Å². The Kier molecular flexibility index (Phi) is 6.94. The van der Waals surface area contributed by atoms with Gasteiger partial charge in [0.1, 0.15) is 0 Å². The summed E-state index contributed by atoms with van der Waals surface area (Å²) < 4.78 is 50.6. The summed E-state index contributed by atoms with van der Waals surface area (Å²) in [5.74, 6) is -0.448. The van der Waals surface area contributed by atoms with Crippen LogP contribution in [0.4, 0.5) is 5.69 Å². The Morgan fingerprint density at radius 3 is 1.97 bits per heavy atom. The summed E-state index contributed by atoms with van der Waals surface area (Å²) in [4.78, 5) is 13.4. The Morgan fingerprint density at radius 2 is 1.39 bits per heavy atom. The Hall–Kier alpha value is -3.17. The fraction of sp³-hybridized carbons (Fsp3) is 0.208. The molecule has 3 rings (SSSR count). The molecule has 0 aliphatic heterocycles. The zero-order valence-electron chi connectivity index (χ0n) is 18.8. The molecular formula is C24H26N2O5S2. The molecule has 9 heteroatoms. The first-order chi connectivity index (χ1) is 15.4. The maximum atomic E-state index is 13.1. The standard InChI is InChI=1S/C24H26N2O5S2/c1-17-9-13-21(14-10-17)33(30,31)26(3)23-8-6-5-7-22(23)24(27)25-18(2)19-11-15-20(16-12-19)32(4,28)29/h5-16,18H,1-4H3,(H,25,27). The van der Waals surface area contributed by atoms with E-state index in [4.69, 9.17) is 0 Å². The molecule has 1 N–H and O–H groups in total. The summed E-state index contributed by atoms with van der Waals surface area (Å²) in [6.07, 6.45) is 1.13. The number of nitrogens with zero attached hydrogens (tertiary/aromatic N) is 1. The number of rotatable bonds is 7. The highest BCUT2D eigenvalue weighted by Gasteiger charge is 2.25. The number of nitrogens with one attached hydrogen (secondary N) is 1. The summed E-state index contributed by atoms with van der Waals surface area (Å²) in [5, 5.41) is 2.85. The number of aryl methyl sites for hydroxylation is 1. The summed E-state index contributed by atoms with van der Waals surface area (Å²) >= 11 is 0. The molecule has 0 aliphatic carbocycles. The third-order valence-electron chi connectivity index (χ3n) is 5.32. The van der Waals surface area contributed by atoms with Crippen molar-refractivity contribution >= 4 is 31.5 Å². The molecule has 0 aliphatic rings. The lowest BCUT2D eigenvalue weighted by molar-refractivity contribution is 0.0940. The minimum Gasteiger partial charge on any atom is -0.345 e. The van der Waals surface area contributed by atoms with E-state index >= 15 is 0 Å². The fourth-order valence-electron chi connectivity index (χ4n) is 3.30. The van der Waals surface area contributed by atoms with Gasteiger partial charge in [0.05, 0.1) is 27.1 Å². The summed E-state index contributed by atoms with van der Waals surface area (Å²) in [5.41, 5.74) is 2.11. The van der Waals surface area contributed by atoms with Crippen LogP contribution in [0.2, 0.25) is 0 Å². The van der Waals surface area contributed by atoms with Crippen molar-refractivity contribution in [2.75, 3.05) is 17.6 Å². The molecule has 0 saturated heterocycles. The molecule has 3 aromatic carbocycles. The third-order valence-corrected chi connectivity index (χ3v) is 8.24. The monoisotopic (exact) mass is 486 g/mol. The van der Waals surface area contributed by atoms with Gasteiger partial charge in [-0.05, 0) is 55.8 Å². The van der Waals surface area contributed by atoms with Crippen molar-refractivity contribution in [1.82, 2.24) is 5.32 Å². The number of sulfonamides is 1. The first-order valence-corrected chi connectivity index (χ1v) is 13.5. The van der Waals surface area contributed by atoms with Crippen molar-refractivity contribution in [3.05, 3.63) is 89.5 Å². The zero-order valence-corrected chi connectivity index (χ0v) is 20.4. The van der Waals surface area contributed by atoms with Gasteiger partial charge in [-0.15, -0.1) is 0 Å². The Labute approximate surface area is 195 Å². The summed E-state index contributed by atoms with van der Waals surface area (Å²) in [6.45, 7) is 3.64. The van der Waals surface area contributed by atoms with Gasteiger partial charge in [0.2, 0.25) is 0 Å². The second-order valence-electron chi connectivity index (χ2n) is 7.84. The van der Waals surface area contributed by atoms with E-state index in [1.807, 2.05) is 6.92 Å². The number of sulfone groups is 1. The van der Waals surface area contributed by atoms with Crippen molar-refractivity contribution in [3.8, 4) is 0 Å². The van der Waals surface area contributed by atoms with Crippen LogP contribution in [0.5, 0.6) is 0 Å². The van der Waals surface area contributed by atoms with Crippen molar-refractivity contribution in [2.45, 2.75) is 29.7 Å². The van der Waals surface area contributed by atoms with Crippen LogP contribution in [-0.4, -0.2) is 36.0 Å². The molecule has 0 saturated carbocycles. The molecule has 0 bridgehead atoms. The molecule has 174 valence electrons. The van der Waals surface area contributed by atoms with Crippen LogP contribution < -0.4 is 9.62 Å². The molecule has 0 heterocycles. The van der Waals surface area contributed by atoms with E-state index in [0.29, 0.717) is 5.56 Å². The van der Waals surface area contributed by atoms with Crippen molar-refractivity contribution in [1.29, 1.82) is 0 Å². The number of carbonyl (C=O) groups excluding carboxylic acids is 1. The maximum Gasteiger partial charge on any atom is 0.264 e. The third kappa shape index (κ3) is 5.43.